The van der Waals surface area contributed by atoms with Crippen molar-refractivity contribution in [3.05, 3.63) is 59.0 Å². The van der Waals surface area contributed by atoms with Gasteiger partial charge in [0, 0.05) is 12.7 Å². The Morgan fingerprint density at radius 3 is 2.86 bits per heavy atom. The molecule has 106 valence electrons. The molecule has 0 saturated heterocycles. The standard InChI is InChI=1S/C16H14BrN3O/c1-18-8-12-9-19-10-15(20-12)21-14-7-6-11-4-2-3-5-13(11)16(14)17/h2-7,9-10,18H,8H2,1H3. The van der Waals surface area contributed by atoms with Gasteiger partial charge in [-0.25, -0.2) is 4.98 Å². The van der Waals surface area contributed by atoms with E-state index in [1.807, 2.05) is 31.3 Å². The van der Waals surface area contributed by atoms with Crippen LogP contribution in [0.1, 0.15) is 5.69 Å². The van der Waals surface area contributed by atoms with Crippen molar-refractivity contribution in [2.24, 2.45) is 0 Å². The highest BCUT2D eigenvalue weighted by molar-refractivity contribution is 9.10. The van der Waals surface area contributed by atoms with Gasteiger partial charge in [-0.05, 0) is 39.8 Å². The summed E-state index contributed by atoms with van der Waals surface area (Å²) in [6.07, 6.45) is 3.33. The van der Waals surface area contributed by atoms with Crippen molar-refractivity contribution in [2.75, 3.05) is 7.05 Å². The first-order valence-electron chi connectivity index (χ1n) is 6.58. The fourth-order valence-corrected chi connectivity index (χ4v) is 2.68. The molecule has 0 bridgehead atoms. The van der Waals surface area contributed by atoms with E-state index in [1.54, 1.807) is 12.4 Å². The van der Waals surface area contributed by atoms with Crippen molar-refractivity contribution in [2.45, 2.75) is 6.54 Å². The molecule has 0 unspecified atom stereocenters. The monoisotopic (exact) mass is 343 g/mol. The summed E-state index contributed by atoms with van der Waals surface area (Å²) in [5, 5.41) is 5.31. The van der Waals surface area contributed by atoms with Crippen LogP contribution < -0.4 is 10.1 Å². The number of aromatic nitrogens is 2. The molecule has 5 heteroatoms. The van der Waals surface area contributed by atoms with Crippen molar-refractivity contribution in [3.8, 4) is 11.6 Å². The lowest BCUT2D eigenvalue weighted by atomic mass is 10.1. The van der Waals surface area contributed by atoms with Crippen LogP contribution in [0.25, 0.3) is 10.8 Å². The molecule has 0 atom stereocenters. The van der Waals surface area contributed by atoms with Gasteiger partial charge in [0.25, 0.3) is 0 Å². The molecule has 0 aliphatic rings. The molecule has 1 aromatic heterocycles. The smallest absolute Gasteiger partial charge is 0.238 e. The second-order valence-corrected chi connectivity index (χ2v) is 5.37. The molecule has 0 amide bonds. The van der Waals surface area contributed by atoms with Gasteiger partial charge in [0.05, 0.1) is 16.4 Å². The van der Waals surface area contributed by atoms with E-state index in [0.717, 1.165) is 26.7 Å². The number of fused-ring (bicyclic) bond motifs is 1. The van der Waals surface area contributed by atoms with Gasteiger partial charge in [-0.2, -0.15) is 0 Å². The number of hydrogen-bond donors (Lipinski definition) is 1. The van der Waals surface area contributed by atoms with Gasteiger partial charge < -0.3 is 10.1 Å². The molecule has 3 rings (SSSR count). The van der Waals surface area contributed by atoms with Crippen molar-refractivity contribution >= 4 is 26.7 Å². The minimum atomic E-state index is 0.485. The molecule has 0 aliphatic heterocycles. The third-order valence-electron chi connectivity index (χ3n) is 3.06. The molecule has 0 radical (unpaired) electrons. The Balaban J connectivity index is 1.94. The van der Waals surface area contributed by atoms with Crippen molar-refractivity contribution in [1.29, 1.82) is 0 Å². The normalized spacial score (nSPS) is 10.8. The SMILES string of the molecule is CNCc1cncc(Oc2ccc3ccccc3c2Br)n1. The molecule has 2 aromatic carbocycles. The van der Waals surface area contributed by atoms with E-state index >= 15 is 0 Å². The fraction of sp³-hybridized carbons (Fsp3) is 0.125. The quantitative estimate of drug-likeness (QED) is 0.780. The van der Waals surface area contributed by atoms with Crippen LogP contribution in [-0.4, -0.2) is 17.0 Å². The summed E-state index contributed by atoms with van der Waals surface area (Å²) in [6, 6.07) is 12.1. The van der Waals surface area contributed by atoms with Crippen molar-refractivity contribution < 1.29 is 4.74 Å². The van der Waals surface area contributed by atoms with E-state index < -0.39 is 0 Å². The maximum atomic E-state index is 5.86. The second kappa shape index (κ2) is 6.20. The van der Waals surface area contributed by atoms with Crippen LogP contribution in [0.2, 0.25) is 0 Å². The first kappa shape index (κ1) is 14.0. The van der Waals surface area contributed by atoms with Crippen LogP contribution in [0.3, 0.4) is 0 Å². The molecule has 1 N–H and O–H groups in total. The molecule has 3 aromatic rings. The zero-order valence-electron chi connectivity index (χ0n) is 11.5. The minimum absolute atomic E-state index is 0.485. The van der Waals surface area contributed by atoms with Gasteiger partial charge in [-0.1, -0.05) is 30.3 Å². The van der Waals surface area contributed by atoms with Gasteiger partial charge >= 0.3 is 0 Å². The molecular weight excluding hydrogens is 330 g/mol. The highest BCUT2D eigenvalue weighted by atomic mass is 79.9. The average molecular weight is 344 g/mol. The van der Waals surface area contributed by atoms with Gasteiger partial charge in [-0.3, -0.25) is 4.98 Å². The van der Waals surface area contributed by atoms with E-state index in [-0.39, 0.29) is 0 Å². The lowest BCUT2D eigenvalue weighted by molar-refractivity contribution is 0.455. The molecule has 4 nitrogen and oxygen atoms in total. The Bertz CT molecular complexity index is 776. The van der Waals surface area contributed by atoms with E-state index in [9.17, 15) is 0 Å². The first-order valence-corrected chi connectivity index (χ1v) is 7.38. The van der Waals surface area contributed by atoms with Crippen molar-refractivity contribution in [3.63, 3.8) is 0 Å². The third-order valence-corrected chi connectivity index (χ3v) is 3.88. The Labute approximate surface area is 131 Å². The fourth-order valence-electron chi connectivity index (χ4n) is 2.11. The summed E-state index contributed by atoms with van der Waals surface area (Å²) in [7, 11) is 1.87. The van der Waals surface area contributed by atoms with Crippen LogP contribution in [0.4, 0.5) is 0 Å². The van der Waals surface area contributed by atoms with E-state index in [2.05, 4.69) is 43.3 Å². The van der Waals surface area contributed by atoms with Crippen LogP contribution >= 0.6 is 15.9 Å². The van der Waals surface area contributed by atoms with Crippen LogP contribution in [0.15, 0.2) is 53.3 Å². The zero-order chi connectivity index (χ0) is 14.7. The molecule has 1 heterocycles. The predicted molar refractivity (Wildman–Crippen MR) is 86.5 cm³/mol. The molecule has 0 aliphatic carbocycles. The molecule has 0 spiro atoms. The van der Waals surface area contributed by atoms with Crippen LogP contribution in [0, 0.1) is 0 Å². The maximum Gasteiger partial charge on any atom is 0.238 e. The second-order valence-electron chi connectivity index (χ2n) is 4.58. The zero-order valence-corrected chi connectivity index (χ0v) is 13.1. The number of nitrogens with zero attached hydrogens (tertiary/aromatic N) is 2. The number of hydrogen-bond acceptors (Lipinski definition) is 4. The Morgan fingerprint density at radius 2 is 2.00 bits per heavy atom. The lowest BCUT2D eigenvalue weighted by Crippen LogP contribution is -2.07. The molecule has 21 heavy (non-hydrogen) atoms. The topological polar surface area (TPSA) is 47.0 Å². The Hall–Kier alpha value is -1.98. The largest absolute Gasteiger partial charge is 0.436 e. The summed E-state index contributed by atoms with van der Waals surface area (Å²) < 4.78 is 6.77. The van der Waals surface area contributed by atoms with Gasteiger partial charge in [0.15, 0.2) is 0 Å². The highest BCUT2D eigenvalue weighted by Crippen LogP contribution is 2.35. The highest BCUT2D eigenvalue weighted by Gasteiger charge is 2.08. The lowest BCUT2D eigenvalue weighted by Gasteiger charge is -2.09. The summed E-state index contributed by atoms with van der Waals surface area (Å²) in [4.78, 5) is 8.56. The summed E-state index contributed by atoms with van der Waals surface area (Å²) in [5.74, 6) is 1.21. The minimum Gasteiger partial charge on any atom is -0.436 e. The van der Waals surface area contributed by atoms with E-state index in [1.165, 1.54) is 0 Å². The predicted octanol–water partition coefficient (Wildman–Crippen LogP) is 3.90. The van der Waals surface area contributed by atoms with E-state index in [0.29, 0.717) is 12.4 Å². The van der Waals surface area contributed by atoms with Crippen LogP contribution in [-0.2, 0) is 6.54 Å². The number of benzene rings is 2. The summed E-state index contributed by atoms with van der Waals surface area (Å²) in [5.41, 5.74) is 0.840. The first-order chi connectivity index (χ1) is 10.3. The average Bonchev–Trinajstić information content (AvgIpc) is 2.51. The number of nitrogens with one attached hydrogen (secondary N) is 1. The molecular formula is C16H14BrN3O. The maximum absolute atomic E-state index is 5.86. The molecule has 0 saturated carbocycles. The molecule has 0 fully saturated rings. The van der Waals surface area contributed by atoms with Crippen LogP contribution in [0.5, 0.6) is 11.6 Å². The van der Waals surface area contributed by atoms with Crippen molar-refractivity contribution in [1.82, 2.24) is 15.3 Å². The van der Waals surface area contributed by atoms with E-state index in [4.69, 9.17) is 4.74 Å². The number of halogens is 1. The van der Waals surface area contributed by atoms with Gasteiger partial charge in [0.2, 0.25) is 5.88 Å². The number of ether oxygens (including phenoxy) is 1. The third kappa shape index (κ3) is 3.04. The number of rotatable bonds is 4. The summed E-state index contributed by atoms with van der Waals surface area (Å²) >= 11 is 3.60. The summed E-state index contributed by atoms with van der Waals surface area (Å²) in [6.45, 7) is 0.656. The Morgan fingerprint density at radius 1 is 1.14 bits per heavy atom. The van der Waals surface area contributed by atoms with Gasteiger partial charge in [-0.15, -0.1) is 0 Å². The van der Waals surface area contributed by atoms with Gasteiger partial charge in [0.1, 0.15) is 5.75 Å². The Kier molecular flexibility index (Phi) is 4.13.